The van der Waals surface area contributed by atoms with E-state index in [1.165, 1.54) is 0 Å². The number of ketones is 1. The van der Waals surface area contributed by atoms with Crippen molar-refractivity contribution in [1.82, 2.24) is 5.32 Å². The van der Waals surface area contributed by atoms with Crippen molar-refractivity contribution in [2.24, 2.45) is 22.1 Å². The second kappa shape index (κ2) is 7.35. The molecule has 1 heterocycles. The van der Waals surface area contributed by atoms with Crippen molar-refractivity contribution in [2.75, 3.05) is 0 Å². The topological polar surface area (TPSA) is 84.5 Å². The van der Waals surface area contributed by atoms with Crippen LogP contribution in [0, 0.1) is 11.3 Å². The largest absolute Gasteiger partial charge is 0.386 e. The maximum absolute atomic E-state index is 13.6. The lowest BCUT2D eigenvalue weighted by atomic mass is 9.51. The van der Waals surface area contributed by atoms with E-state index in [2.05, 4.69) is 10.3 Å². The molecule has 2 aliphatic rings. The Kier molecular flexibility index (Phi) is 5.00. The van der Waals surface area contributed by atoms with E-state index in [1.54, 1.807) is 12.1 Å². The van der Waals surface area contributed by atoms with Crippen molar-refractivity contribution in [1.29, 1.82) is 0 Å². The van der Waals surface area contributed by atoms with Crippen LogP contribution in [0.3, 0.4) is 0 Å². The van der Waals surface area contributed by atoms with Gasteiger partial charge in [-0.25, -0.2) is 4.99 Å². The number of benzene rings is 2. The number of amidine groups is 1. The molecular weight excluding hydrogens is 406 g/mol. The number of amides is 1. The number of thiocarbonyl (C=S) groups is 1. The molecule has 2 aromatic carbocycles. The average molecular weight is 426 g/mol. The Hall–Kier alpha value is -2.57. The van der Waals surface area contributed by atoms with Crippen LogP contribution in [0.15, 0.2) is 59.6 Å². The van der Waals surface area contributed by atoms with Gasteiger partial charge in [0.1, 0.15) is 17.0 Å². The van der Waals surface area contributed by atoms with E-state index in [4.69, 9.17) is 29.6 Å². The second-order valence-electron chi connectivity index (χ2n) is 7.58. The first kappa shape index (κ1) is 19.7. The second-order valence-corrected chi connectivity index (χ2v) is 8.40. The number of rotatable bonds is 2. The van der Waals surface area contributed by atoms with Crippen molar-refractivity contribution >= 4 is 46.5 Å². The highest BCUT2D eigenvalue weighted by Gasteiger charge is 2.62. The molecule has 2 aromatic rings. The first-order valence-corrected chi connectivity index (χ1v) is 10.2. The summed E-state index contributed by atoms with van der Waals surface area (Å²) in [5.41, 5.74) is 6.94. The number of nitrogens with one attached hydrogen (secondary N) is 1. The molecular formula is C22H20ClN3O2S. The van der Waals surface area contributed by atoms with Gasteiger partial charge in [0.15, 0.2) is 0 Å². The molecule has 29 heavy (non-hydrogen) atoms. The number of Topliss-reactive ketones (excluding diaryl/α,β-unsaturated/α-hetero) is 1. The molecule has 1 amide bonds. The predicted molar refractivity (Wildman–Crippen MR) is 117 cm³/mol. The predicted octanol–water partition coefficient (Wildman–Crippen LogP) is 3.57. The Morgan fingerprint density at radius 3 is 2.38 bits per heavy atom. The highest BCUT2D eigenvalue weighted by molar-refractivity contribution is 7.80. The maximum atomic E-state index is 13.6. The van der Waals surface area contributed by atoms with E-state index < -0.39 is 23.2 Å². The van der Waals surface area contributed by atoms with Gasteiger partial charge in [-0.1, -0.05) is 61.0 Å². The van der Waals surface area contributed by atoms with Crippen molar-refractivity contribution in [2.45, 2.75) is 25.2 Å². The van der Waals surface area contributed by atoms with Crippen LogP contribution in [0.4, 0.5) is 0 Å². The van der Waals surface area contributed by atoms with Gasteiger partial charge in [-0.15, -0.1) is 0 Å². The van der Waals surface area contributed by atoms with E-state index in [0.717, 1.165) is 11.1 Å². The number of carbonyl (C=O) groups is 2. The fraction of sp³-hybridized carbons (Fsp3) is 0.273. The van der Waals surface area contributed by atoms with Gasteiger partial charge >= 0.3 is 0 Å². The maximum Gasteiger partial charge on any atom is 0.241 e. The third-order valence-corrected chi connectivity index (χ3v) is 6.57. The van der Waals surface area contributed by atoms with Crippen molar-refractivity contribution in [3.8, 4) is 0 Å². The molecule has 4 rings (SSSR count). The molecule has 0 saturated heterocycles. The summed E-state index contributed by atoms with van der Waals surface area (Å²) < 4.78 is 0. The number of carbonyl (C=O) groups excluding carboxylic acids is 2. The smallest absolute Gasteiger partial charge is 0.241 e. The normalized spacial score (nSPS) is 29.5. The Labute approximate surface area is 179 Å². The highest BCUT2D eigenvalue weighted by Crippen LogP contribution is 2.57. The first-order valence-electron chi connectivity index (χ1n) is 9.39. The van der Waals surface area contributed by atoms with Gasteiger partial charge in [0, 0.05) is 29.2 Å². The van der Waals surface area contributed by atoms with Crippen LogP contribution in [0.5, 0.6) is 0 Å². The van der Waals surface area contributed by atoms with E-state index in [-0.39, 0.29) is 29.1 Å². The van der Waals surface area contributed by atoms with Crippen LogP contribution in [0.1, 0.15) is 36.3 Å². The van der Waals surface area contributed by atoms with Gasteiger partial charge in [-0.2, -0.15) is 0 Å². The molecule has 0 radical (unpaired) electrons. The molecule has 148 valence electrons. The summed E-state index contributed by atoms with van der Waals surface area (Å²) in [6.45, 7) is 1.85. The average Bonchev–Trinajstić information content (AvgIpc) is 2.69. The molecule has 1 aliphatic heterocycles. The summed E-state index contributed by atoms with van der Waals surface area (Å²) in [5, 5.41) is 3.33. The van der Waals surface area contributed by atoms with Gasteiger partial charge in [0.05, 0.1) is 0 Å². The van der Waals surface area contributed by atoms with Crippen molar-refractivity contribution < 1.29 is 9.59 Å². The molecule has 4 atom stereocenters. The summed E-state index contributed by atoms with van der Waals surface area (Å²) in [5.74, 6) is -1.45. The number of hydrogen-bond acceptors (Lipinski definition) is 4. The molecule has 7 heteroatoms. The Balaban J connectivity index is 2.01. The lowest BCUT2D eigenvalue weighted by Crippen LogP contribution is -2.64. The zero-order valence-corrected chi connectivity index (χ0v) is 17.3. The Morgan fingerprint density at radius 2 is 1.76 bits per heavy atom. The Bertz CT molecular complexity index is 1020. The molecule has 1 aliphatic carbocycles. The highest BCUT2D eigenvalue weighted by atomic mass is 35.5. The number of nitrogens with zero attached hydrogens (tertiary/aromatic N) is 1. The molecule has 1 unspecified atom stereocenters. The quantitative estimate of drug-likeness (QED) is 0.720. The van der Waals surface area contributed by atoms with Crippen LogP contribution >= 0.6 is 23.8 Å². The minimum atomic E-state index is -1.23. The molecule has 1 fully saturated rings. The summed E-state index contributed by atoms with van der Waals surface area (Å²) in [7, 11) is 0. The van der Waals surface area contributed by atoms with E-state index in [1.807, 2.05) is 49.4 Å². The zero-order valence-electron chi connectivity index (χ0n) is 15.8. The molecule has 0 aromatic heterocycles. The fourth-order valence-corrected chi connectivity index (χ4v) is 5.13. The number of halogens is 1. The summed E-state index contributed by atoms with van der Waals surface area (Å²) in [4.78, 5) is 30.9. The van der Waals surface area contributed by atoms with Gasteiger partial charge in [0.2, 0.25) is 11.0 Å². The number of aliphatic imine (C=N–C) groups is 1. The van der Waals surface area contributed by atoms with E-state index >= 15 is 0 Å². The molecule has 5 nitrogen and oxygen atoms in total. The van der Waals surface area contributed by atoms with Gasteiger partial charge < -0.3 is 11.1 Å². The Morgan fingerprint density at radius 1 is 1.10 bits per heavy atom. The van der Waals surface area contributed by atoms with Crippen LogP contribution in [-0.2, 0) is 9.59 Å². The van der Waals surface area contributed by atoms with Crippen LogP contribution < -0.4 is 11.1 Å². The van der Waals surface area contributed by atoms with Crippen LogP contribution in [-0.4, -0.2) is 22.6 Å². The summed E-state index contributed by atoms with van der Waals surface area (Å²) in [6, 6.07) is 16.7. The van der Waals surface area contributed by atoms with Crippen molar-refractivity contribution in [3.63, 3.8) is 0 Å². The third-order valence-electron chi connectivity index (χ3n) is 6.13. The molecule has 0 bridgehead atoms. The molecule has 1 saturated carbocycles. The minimum Gasteiger partial charge on any atom is -0.386 e. The van der Waals surface area contributed by atoms with Crippen LogP contribution in [0.2, 0.25) is 5.02 Å². The van der Waals surface area contributed by atoms with Crippen molar-refractivity contribution in [3.05, 3.63) is 70.7 Å². The minimum absolute atomic E-state index is 0.0457. The zero-order chi connectivity index (χ0) is 20.8. The number of hydrogen-bond donors (Lipinski definition) is 2. The van der Waals surface area contributed by atoms with E-state index in [9.17, 15) is 9.59 Å². The third kappa shape index (κ3) is 3.07. The number of nitrogens with two attached hydrogens (primary N) is 1. The fourth-order valence-electron chi connectivity index (χ4n) is 4.82. The first-order chi connectivity index (χ1) is 13.9. The lowest BCUT2D eigenvalue weighted by molar-refractivity contribution is -0.136. The summed E-state index contributed by atoms with van der Waals surface area (Å²) in [6.07, 6.45) is 0.183. The monoisotopic (exact) mass is 425 g/mol. The van der Waals surface area contributed by atoms with Gasteiger partial charge in [-0.05, 0) is 35.5 Å². The molecule has 3 N–H and O–H groups in total. The van der Waals surface area contributed by atoms with Gasteiger partial charge in [0.25, 0.3) is 0 Å². The SMILES string of the molecule is C[C@H]1C(=O)C[C@H](c2ccc(Cl)cc2)C2(C(=O)NC(=S)N=C2N)[C@@H]1c1ccccc1. The summed E-state index contributed by atoms with van der Waals surface area (Å²) >= 11 is 11.2. The van der Waals surface area contributed by atoms with E-state index in [0.29, 0.717) is 5.02 Å². The lowest BCUT2D eigenvalue weighted by Gasteiger charge is -2.51. The molecule has 1 spiro atoms. The van der Waals surface area contributed by atoms with Gasteiger partial charge in [-0.3, -0.25) is 9.59 Å². The van der Waals surface area contributed by atoms with Crippen LogP contribution in [0.25, 0.3) is 0 Å². The standard InChI is InChI=1S/C22H20ClN3O2S/c1-12-17(27)11-16(13-7-9-15(23)10-8-13)22(18(12)14-5-3-2-4-6-14)19(24)25-21(29)26-20(22)28/h2-10,12,16,18H,11H2,1H3,(H3,24,25,26,28,29)/t12-,16+,18-,22?/m0/s1.